The van der Waals surface area contributed by atoms with Crippen molar-refractivity contribution in [2.24, 2.45) is 0 Å². The van der Waals surface area contributed by atoms with Crippen LogP contribution in [-0.2, 0) is 10.2 Å². The van der Waals surface area contributed by atoms with E-state index in [4.69, 9.17) is 11.6 Å². The normalized spacial score (nSPS) is 16.6. The highest BCUT2D eigenvalue weighted by molar-refractivity contribution is 6.29. The topological polar surface area (TPSA) is 66.9 Å². The number of carbonyl (C=O) groups is 1. The molecule has 6 heteroatoms. The minimum atomic E-state index is -0.352. The fraction of sp³-hybridized carbons (Fsp3) is 0.643. The van der Waals surface area contributed by atoms with Gasteiger partial charge >= 0.3 is 0 Å². The smallest absolute Gasteiger partial charge is 0.242 e. The Morgan fingerprint density at radius 1 is 1.40 bits per heavy atom. The lowest BCUT2D eigenvalue weighted by molar-refractivity contribution is -0.121. The van der Waals surface area contributed by atoms with Crippen LogP contribution in [0.3, 0.4) is 0 Å². The highest BCUT2D eigenvalue weighted by Gasteiger charge is 2.26. The fourth-order valence-corrected chi connectivity index (χ4v) is 1.85. The Labute approximate surface area is 124 Å². The summed E-state index contributed by atoms with van der Waals surface area (Å²) in [6.45, 7) is 7.87. The van der Waals surface area contributed by atoms with Crippen molar-refractivity contribution in [1.82, 2.24) is 15.3 Å². The van der Waals surface area contributed by atoms with Gasteiger partial charge in [0.2, 0.25) is 5.91 Å². The van der Waals surface area contributed by atoms with Gasteiger partial charge in [0.25, 0.3) is 0 Å². The number of nitrogens with zero attached hydrogens (tertiary/aromatic N) is 2. The first-order valence-corrected chi connectivity index (χ1v) is 7.25. The maximum absolute atomic E-state index is 11.9. The van der Waals surface area contributed by atoms with Crippen LogP contribution in [-0.4, -0.2) is 28.0 Å². The molecule has 1 aromatic rings. The predicted molar refractivity (Wildman–Crippen MR) is 80.0 cm³/mol. The average Bonchev–Trinajstić information content (AvgIpc) is 3.10. The van der Waals surface area contributed by atoms with E-state index in [1.807, 2.05) is 27.7 Å². The van der Waals surface area contributed by atoms with E-state index in [-0.39, 0.29) is 17.4 Å². The number of rotatable bonds is 4. The molecule has 110 valence electrons. The third-order valence-corrected chi connectivity index (χ3v) is 3.24. The summed E-state index contributed by atoms with van der Waals surface area (Å²) in [6, 6.07) is 1.64. The molecule has 0 aliphatic heterocycles. The molecule has 2 rings (SSSR count). The van der Waals surface area contributed by atoms with Crippen molar-refractivity contribution in [3.05, 3.63) is 17.0 Å². The first-order valence-electron chi connectivity index (χ1n) is 6.87. The third-order valence-electron chi connectivity index (χ3n) is 3.05. The number of aromatic nitrogens is 2. The Kier molecular flexibility index (Phi) is 4.18. The molecule has 0 saturated heterocycles. The standard InChI is InChI=1S/C14H21ClN4O/c1-8(12(20)17-9-5-6-9)16-11-7-10(15)18-13(19-11)14(2,3)4/h7-9H,5-6H2,1-4H3,(H,17,20)(H,16,18,19). The molecular formula is C14H21ClN4O. The molecule has 0 bridgehead atoms. The minimum absolute atomic E-state index is 0.0143. The summed E-state index contributed by atoms with van der Waals surface area (Å²) in [4.78, 5) is 20.6. The molecule has 1 saturated carbocycles. The van der Waals surface area contributed by atoms with Gasteiger partial charge in [0.05, 0.1) is 0 Å². The van der Waals surface area contributed by atoms with E-state index in [1.165, 1.54) is 0 Å². The van der Waals surface area contributed by atoms with Gasteiger partial charge in [-0.3, -0.25) is 4.79 Å². The van der Waals surface area contributed by atoms with Gasteiger partial charge in [0.1, 0.15) is 22.8 Å². The van der Waals surface area contributed by atoms with Gasteiger partial charge in [-0.05, 0) is 19.8 Å². The lowest BCUT2D eigenvalue weighted by atomic mass is 9.96. The molecule has 2 N–H and O–H groups in total. The SMILES string of the molecule is CC(Nc1cc(Cl)nc(C(C)(C)C)n1)C(=O)NC1CC1. The van der Waals surface area contributed by atoms with Gasteiger partial charge in [0, 0.05) is 17.5 Å². The van der Waals surface area contributed by atoms with Crippen molar-refractivity contribution in [3.63, 3.8) is 0 Å². The Morgan fingerprint density at radius 3 is 2.60 bits per heavy atom. The molecule has 1 heterocycles. The summed E-state index contributed by atoms with van der Waals surface area (Å²) >= 11 is 6.02. The molecule has 1 fully saturated rings. The van der Waals surface area contributed by atoms with Crippen molar-refractivity contribution in [1.29, 1.82) is 0 Å². The number of carbonyl (C=O) groups excluding carboxylic acids is 1. The summed E-state index contributed by atoms with van der Waals surface area (Å²) in [5.41, 5.74) is -0.194. The molecule has 5 nitrogen and oxygen atoms in total. The molecule has 0 radical (unpaired) electrons. The molecule has 1 aliphatic rings. The molecule has 0 spiro atoms. The van der Waals surface area contributed by atoms with Crippen LogP contribution < -0.4 is 10.6 Å². The van der Waals surface area contributed by atoms with Gasteiger partial charge in [-0.25, -0.2) is 9.97 Å². The zero-order valence-electron chi connectivity index (χ0n) is 12.3. The number of nitrogens with one attached hydrogen (secondary N) is 2. The summed E-state index contributed by atoms with van der Waals surface area (Å²) in [6.07, 6.45) is 2.15. The summed E-state index contributed by atoms with van der Waals surface area (Å²) in [7, 11) is 0. The lowest BCUT2D eigenvalue weighted by Crippen LogP contribution is -2.39. The van der Waals surface area contributed by atoms with Crippen LogP contribution in [0.15, 0.2) is 6.07 Å². The number of hydrogen-bond donors (Lipinski definition) is 2. The van der Waals surface area contributed by atoms with Crippen LogP contribution in [0.25, 0.3) is 0 Å². The van der Waals surface area contributed by atoms with Crippen LogP contribution in [0, 0.1) is 0 Å². The number of amides is 1. The average molecular weight is 297 g/mol. The van der Waals surface area contributed by atoms with Crippen molar-refractivity contribution >= 4 is 23.3 Å². The molecule has 1 atom stereocenters. The van der Waals surface area contributed by atoms with Crippen molar-refractivity contribution in [2.45, 2.75) is 58.0 Å². The van der Waals surface area contributed by atoms with Gasteiger partial charge in [-0.15, -0.1) is 0 Å². The fourth-order valence-electron chi connectivity index (χ4n) is 1.67. The van der Waals surface area contributed by atoms with Crippen LogP contribution in [0.1, 0.15) is 46.4 Å². The van der Waals surface area contributed by atoms with Crippen LogP contribution >= 0.6 is 11.6 Å². The largest absolute Gasteiger partial charge is 0.358 e. The highest BCUT2D eigenvalue weighted by Crippen LogP contribution is 2.23. The zero-order valence-corrected chi connectivity index (χ0v) is 13.1. The Balaban J connectivity index is 2.08. The molecule has 1 aromatic heterocycles. The molecule has 1 unspecified atom stereocenters. The van der Waals surface area contributed by atoms with E-state index >= 15 is 0 Å². The Hall–Kier alpha value is -1.36. The molecule has 1 aliphatic carbocycles. The number of halogens is 1. The minimum Gasteiger partial charge on any atom is -0.358 e. The van der Waals surface area contributed by atoms with Crippen LogP contribution in [0.2, 0.25) is 5.15 Å². The van der Waals surface area contributed by atoms with E-state index in [0.29, 0.717) is 22.8 Å². The maximum Gasteiger partial charge on any atom is 0.242 e. The molecule has 1 amide bonds. The lowest BCUT2D eigenvalue weighted by Gasteiger charge is -2.19. The first kappa shape index (κ1) is 15.0. The van der Waals surface area contributed by atoms with E-state index in [0.717, 1.165) is 12.8 Å². The quantitative estimate of drug-likeness (QED) is 0.838. The second kappa shape index (κ2) is 5.56. The molecule has 0 aromatic carbocycles. The zero-order chi connectivity index (χ0) is 14.9. The number of anilines is 1. The van der Waals surface area contributed by atoms with E-state index in [1.54, 1.807) is 6.07 Å². The second-order valence-electron chi connectivity index (χ2n) is 6.30. The predicted octanol–water partition coefficient (Wildman–Crippen LogP) is 2.51. The molecule has 20 heavy (non-hydrogen) atoms. The highest BCUT2D eigenvalue weighted by atomic mass is 35.5. The van der Waals surface area contributed by atoms with Gasteiger partial charge in [0.15, 0.2) is 0 Å². The van der Waals surface area contributed by atoms with Crippen molar-refractivity contribution in [2.75, 3.05) is 5.32 Å². The first-order chi connectivity index (χ1) is 9.25. The summed E-state index contributed by atoms with van der Waals surface area (Å²) < 4.78 is 0. The summed E-state index contributed by atoms with van der Waals surface area (Å²) in [5.74, 6) is 1.22. The maximum atomic E-state index is 11.9. The number of hydrogen-bond acceptors (Lipinski definition) is 4. The second-order valence-corrected chi connectivity index (χ2v) is 6.69. The molecular weight excluding hydrogens is 276 g/mol. The van der Waals surface area contributed by atoms with E-state index in [2.05, 4.69) is 20.6 Å². The van der Waals surface area contributed by atoms with E-state index in [9.17, 15) is 4.79 Å². The van der Waals surface area contributed by atoms with Gasteiger partial charge in [-0.2, -0.15) is 0 Å². The van der Waals surface area contributed by atoms with Crippen molar-refractivity contribution in [3.8, 4) is 0 Å². The Morgan fingerprint density at radius 2 is 2.05 bits per heavy atom. The van der Waals surface area contributed by atoms with Crippen LogP contribution in [0.4, 0.5) is 5.82 Å². The van der Waals surface area contributed by atoms with Gasteiger partial charge in [-0.1, -0.05) is 32.4 Å². The van der Waals surface area contributed by atoms with Crippen LogP contribution in [0.5, 0.6) is 0 Å². The van der Waals surface area contributed by atoms with Crippen molar-refractivity contribution < 1.29 is 4.79 Å². The Bertz CT molecular complexity index is 508. The summed E-state index contributed by atoms with van der Waals surface area (Å²) in [5, 5.41) is 6.41. The van der Waals surface area contributed by atoms with E-state index < -0.39 is 0 Å². The van der Waals surface area contributed by atoms with Gasteiger partial charge < -0.3 is 10.6 Å². The third kappa shape index (κ3) is 4.07. The monoisotopic (exact) mass is 296 g/mol.